The van der Waals surface area contributed by atoms with Gasteiger partial charge in [-0.05, 0) is 32.2 Å². The minimum atomic E-state index is 0.284. The molecule has 0 saturated carbocycles. The van der Waals surface area contributed by atoms with Gasteiger partial charge in [-0.25, -0.2) is 0 Å². The molecule has 2 heterocycles. The van der Waals surface area contributed by atoms with Crippen molar-refractivity contribution in [3.05, 3.63) is 0 Å². The summed E-state index contributed by atoms with van der Waals surface area (Å²) in [5.74, 6) is 1.62. The van der Waals surface area contributed by atoms with Crippen molar-refractivity contribution in [3.8, 4) is 0 Å². The molecular formula is C17H34N4O. The van der Waals surface area contributed by atoms with Gasteiger partial charge in [-0.3, -0.25) is 9.89 Å². The second-order valence-electron chi connectivity index (χ2n) is 6.53. The van der Waals surface area contributed by atoms with Gasteiger partial charge >= 0.3 is 0 Å². The van der Waals surface area contributed by atoms with Crippen molar-refractivity contribution in [1.29, 1.82) is 0 Å². The van der Waals surface area contributed by atoms with Crippen molar-refractivity contribution in [2.45, 2.75) is 58.6 Å². The maximum Gasteiger partial charge on any atom is 0.191 e. The number of hydrogen-bond donors (Lipinski definition) is 2. The van der Waals surface area contributed by atoms with Crippen molar-refractivity contribution in [1.82, 2.24) is 15.5 Å². The molecule has 0 radical (unpaired) electrons. The summed E-state index contributed by atoms with van der Waals surface area (Å²) in [4.78, 5) is 7.32. The summed E-state index contributed by atoms with van der Waals surface area (Å²) in [5, 5.41) is 6.80. The summed E-state index contributed by atoms with van der Waals surface area (Å²) >= 11 is 0. The number of rotatable bonds is 7. The van der Waals surface area contributed by atoms with Gasteiger partial charge in [-0.1, -0.05) is 26.7 Å². The smallest absolute Gasteiger partial charge is 0.191 e. The molecule has 2 N–H and O–H groups in total. The molecule has 2 saturated heterocycles. The zero-order valence-corrected chi connectivity index (χ0v) is 14.6. The fraction of sp³-hybridized carbons (Fsp3) is 0.941. The van der Waals surface area contributed by atoms with E-state index >= 15 is 0 Å². The molecule has 0 spiro atoms. The number of nitrogens with zero attached hydrogens (tertiary/aromatic N) is 2. The topological polar surface area (TPSA) is 48.9 Å². The van der Waals surface area contributed by atoms with Crippen LogP contribution in [0, 0.1) is 5.92 Å². The van der Waals surface area contributed by atoms with E-state index < -0.39 is 0 Å². The third-order valence-corrected chi connectivity index (χ3v) is 4.97. The summed E-state index contributed by atoms with van der Waals surface area (Å²) in [6.45, 7) is 12.4. The number of aliphatic imine (C=N–C) groups is 1. The third kappa shape index (κ3) is 5.13. The zero-order valence-electron chi connectivity index (χ0n) is 14.6. The van der Waals surface area contributed by atoms with Gasteiger partial charge in [0.25, 0.3) is 0 Å². The third-order valence-electron chi connectivity index (χ3n) is 4.97. The van der Waals surface area contributed by atoms with Crippen LogP contribution in [-0.2, 0) is 4.74 Å². The molecule has 2 fully saturated rings. The van der Waals surface area contributed by atoms with E-state index in [-0.39, 0.29) is 6.10 Å². The van der Waals surface area contributed by atoms with E-state index in [1.165, 1.54) is 32.2 Å². The first-order chi connectivity index (χ1) is 10.8. The zero-order chi connectivity index (χ0) is 15.8. The maximum absolute atomic E-state index is 6.00. The van der Waals surface area contributed by atoms with Gasteiger partial charge in [0.1, 0.15) is 0 Å². The van der Waals surface area contributed by atoms with Crippen LogP contribution in [0.15, 0.2) is 4.99 Å². The highest BCUT2D eigenvalue weighted by Crippen LogP contribution is 2.22. The Labute approximate surface area is 135 Å². The van der Waals surface area contributed by atoms with Crippen molar-refractivity contribution >= 4 is 5.96 Å². The van der Waals surface area contributed by atoms with Crippen LogP contribution in [0.3, 0.4) is 0 Å². The van der Waals surface area contributed by atoms with E-state index in [1.54, 1.807) is 0 Å². The van der Waals surface area contributed by atoms with Gasteiger partial charge in [0.15, 0.2) is 5.96 Å². The van der Waals surface area contributed by atoms with Crippen LogP contribution in [0.2, 0.25) is 0 Å². The Morgan fingerprint density at radius 3 is 2.82 bits per heavy atom. The van der Waals surface area contributed by atoms with Gasteiger partial charge in [0.05, 0.1) is 12.7 Å². The lowest BCUT2D eigenvalue weighted by atomic mass is 10.0. The van der Waals surface area contributed by atoms with Crippen LogP contribution < -0.4 is 10.6 Å². The highest BCUT2D eigenvalue weighted by molar-refractivity contribution is 5.79. The average Bonchev–Trinajstić information content (AvgIpc) is 3.01. The van der Waals surface area contributed by atoms with Crippen molar-refractivity contribution in [2.75, 3.05) is 39.3 Å². The monoisotopic (exact) mass is 310 g/mol. The Balaban J connectivity index is 1.77. The molecule has 2 atom stereocenters. The van der Waals surface area contributed by atoms with Crippen LogP contribution >= 0.6 is 0 Å². The summed E-state index contributed by atoms with van der Waals surface area (Å²) in [5.41, 5.74) is 0. The summed E-state index contributed by atoms with van der Waals surface area (Å²) in [6, 6.07) is 0.674. The lowest BCUT2D eigenvalue weighted by molar-refractivity contribution is -0.0453. The molecule has 5 heteroatoms. The van der Waals surface area contributed by atoms with E-state index in [4.69, 9.17) is 9.73 Å². The summed E-state index contributed by atoms with van der Waals surface area (Å²) in [6.07, 6.45) is 5.31. The van der Waals surface area contributed by atoms with Gasteiger partial charge in [0.2, 0.25) is 0 Å². The summed E-state index contributed by atoms with van der Waals surface area (Å²) in [7, 11) is 0. The molecule has 2 unspecified atom stereocenters. The second-order valence-corrected chi connectivity index (χ2v) is 6.53. The van der Waals surface area contributed by atoms with Crippen LogP contribution in [0.5, 0.6) is 0 Å². The quantitative estimate of drug-likeness (QED) is 0.556. The number of hydrogen-bond acceptors (Lipinski definition) is 3. The fourth-order valence-electron chi connectivity index (χ4n) is 3.33. The Kier molecular flexibility index (Phi) is 7.46. The van der Waals surface area contributed by atoms with Gasteiger partial charge < -0.3 is 15.4 Å². The average molecular weight is 310 g/mol. The number of ether oxygens (including phenoxy) is 1. The molecule has 0 bridgehead atoms. The van der Waals surface area contributed by atoms with E-state index in [2.05, 4.69) is 36.3 Å². The molecule has 0 aromatic heterocycles. The highest BCUT2D eigenvalue weighted by Gasteiger charge is 2.32. The van der Waals surface area contributed by atoms with Gasteiger partial charge in [-0.2, -0.15) is 0 Å². The normalized spacial score (nSPS) is 26.3. The number of fused-ring (bicyclic) bond motifs is 1. The predicted octanol–water partition coefficient (Wildman–Crippen LogP) is 1.84. The number of nitrogens with one attached hydrogen (secondary N) is 2. The Morgan fingerprint density at radius 1 is 1.27 bits per heavy atom. The first-order valence-electron chi connectivity index (χ1n) is 9.14. The fourth-order valence-corrected chi connectivity index (χ4v) is 3.33. The van der Waals surface area contributed by atoms with E-state index in [9.17, 15) is 0 Å². The molecule has 2 rings (SSSR count). The maximum atomic E-state index is 6.00. The minimum Gasteiger partial charge on any atom is -0.373 e. The largest absolute Gasteiger partial charge is 0.373 e. The van der Waals surface area contributed by atoms with Gasteiger partial charge in [-0.15, -0.1) is 0 Å². The first kappa shape index (κ1) is 17.5. The molecule has 0 aromatic carbocycles. The predicted molar refractivity (Wildman–Crippen MR) is 92.4 cm³/mol. The van der Waals surface area contributed by atoms with Crippen LogP contribution in [0.4, 0.5) is 0 Å². The molecule has 2 aliphatic heterocycles. The summed E-state index contributed by atoms with van der Waals surface area (Å²) < 4.78 is 6.00. The Morgan fingerprint density at radius 2 is 2.09 bits per heavy atom. The standard InChI is InChI=1S/C17H34N4O/c1-4-14(5-2)10-19-17(18-6-3)20-11-16-12-21-9-7-8-15(21)13-22-16/h14-16H,4-13H2,1-3H3,(H2,18,19,20). The van der Waals surface area contributed by atoms with Gasteiger partial charge in [0, 0.05) is 32.2 Å². The molecule has 2 aliphatic rings. The molecule has 0 aromatic rings. The SMILES string of the molecule is CCNC(=NCC(CC)CC)NCC1CN2CCCC2CO1. The second kappa shape index (κ2) is 9.36. The molecular weight excluding hydrogens is 276 g/mol. The Bertz CT molecular complexity index is 344. The number of morpholine rings is 1. The number of guanidine groups is 1. The van der Waals surface area contributed by atoms with E-state index in [1.807, 2.05) is 0 Å². The van der Waals surface area contributed by atoms with Crippen LogP contribution in [-0.4, -0.2) is 62.3 Å². The van der Waals surface area contributed by atoms with E-state index in [0.29, 0.717) is 12.0 Å². The van der Waals surface area contributed by atoms with Crippen molar-refractivity contribution in [2.24, 2.45) is 10.9 Å². The van der Waals surface area contributed by atoms with E-state index in [0.717, 1.165) is 38.7 Å². The lowest BCUT2D eigenvalue weighted by Crippen LogP contribution is -2.51. The molecule has 128 valence electrons. The molecule has 0 amide bonds. The Hall–Kier alpha value is -0.810. The molecule has 22 heavy (non-hydrogen) atoms. The molecule has 0 aliphatic carbocycles. The van der Waals surface area contributed by atoms with Crippen LogP contribution in [0.25, 0.3) is 0 Å². The van der Waals surface area contributed by atoms with Crippen molar-refractivity contribution < 1.29 is 4.74 Å². The lowest BCUT2D eigenvalue weighted by Gasteiger charge is -2.35. The van der Waals surface area contributed by atoms with Crippen LogP contribution in [0.1, 0.15) is 46.5 Å². The minimum absolute atomic E-state index is 0.284. The first-order valence-corrected chi connectivity index (χ1v) is 9.14. The van der Waals surface area contributed by atoms with Crippen molar-refractivity contribution in [3.63, 3.8) is 0 Å². The highest BCUT2D eigenvalue weighted by atomic mass is 16.5. The molecule has 5 nitrogen and oxygen atoms in total.